The highest BCUT2D eigenvalue weighted by molar-refractivity contribution is 5.92. The van der Waals surface area contributed by atoms with E-state index < -0.39 is 12.7 Å². The van der Waals surface area contributed by atoms with E-state index in [4.69, 9.17) is 14.6 Å². The Labute approximate surface area is 180 Å². The number of ether oxygens (including phenoxy) is 2. The quantitative estimate of drug-likeness (QED) is 0.522. The summed E-state index contributed by atoms with van der Waals surface area (Å²) in [6, 6.07) is 7.44. The molecule has 1 aromatic heterocycles. The van der Waals surface area contributed by atoms with Crippen molar-refractivity contribution >= 4 is 16.6 Å². The number of aromatic nitrogens is 1. The maximum Gasteiger partial charge on any atom is 0.406 e. The Balaban J connectivity index is 1.62. The lowest BCUT2D eigenvalue weighted by atomic mass is 9.89. The van der Waals surface area contributed by atoms with Gasteiger partial charge in [-0.3, -0.25) is 0 Å². The van der Waals surface area contributed by atoms with Gasteiger partial charge in [-0.15, -0.1) is 0 Å². The molecule has 0 saturated carbocycles. The van der Waals surface area contributed by atoms with Crippen molar-refractivity contribution in [3.8, 4) is 0 Å². The minimum Gasteiger partial charge on any atom is -0.394 e. The fraction of sp³-hybridized carbons (Fsp3) is 0.636. The van der Waals surface area contributed by atoms with Gasteiger partial charge in [0.2, 0.25) is 0 Å². The summed E-state index contributed by atoms with van der Waals surface area (Å²) < 4.78 is 50.7. The van der Waals surface area contributed by atoms with E-state index in [-0.39, 0.29) is 12.6 Å². The number of nitrogens with zero attached hydrogens (tertiary/aromatic N) is 2. The van der Waals surface area contributed by atoms with Gasteiger partial charge in [-0.2, -0.15) is 13.2 Å². The third-order valence-corrected chi connectivity index (χ3v) is 5.68. The number of aliphatic hydroxyl groups is 1. The van der Waals surface area contributed by atoms with Gasteiger partial charge in [-0.1, -0.05) is 6.07 Å². The number of likely N-dealkylation sites (tertiary alicyclic amines) is 1. The number of halogens is 3. The van der Waals surface area contributed by atoms with Gasteiger partial charge in [0, 0.05) is 36.5 Å². The molecule has 2 N–H and O–H groups in total. The Morgan fingerprint density at radius 1 is 1.13 bits per heavy atom. The summed E-state index contributed by atoms with van der Waals surface area (Å²) >= 11 is 0. The summed E-state index contributed by atoms with van der Waals surface area (Å²) in [5.41, 5.74) is 1.45. The third kappa shape index (κ3) is 7.10. The lowest BCUT2D eigenvalue weighted by molar-refractivity contribution is -0.139. The normalized spacial score (nSPS) is 20.4. The van der Waals surface area contributed by atoms with Gasteiger partial charge in [0.25, 0.3) is 0 Å². The molecule has 3 rings (SSSR count). The van der Waals surface area contributed by atoms with E-state index >= 15 is 0 Å². The van der Waals surface area contributed by atoms with Crippen LogP contribution in [0.4, 0.5) is 18.9 Å². The number of alkyl halides is 3. The van der Waals surface area contributed by atoms with E-state index in [2.05, 4.69) is 17.3 Å². The van der Waals surface area contributed by atoms with Crippen molar-refractivity contribution in [3.63, 3.8) is 0 Å². The average Bonchev–Trinajstić information content (AvgIpc) is 3.11. The molecule has 2 atom stereocenters. The van der Waals surface area contributed by atoms with Crippen LogP contribution in [0.2, 0.25) is 0 Å². The van der Waals surface area contributed by atoms with Gasteiger partial charge in [-0.05, 0) is 50.6 Å². The molecule has 9 heteroatoms. The summed E-state index contributed by atoms with van der Waals surface area (Å²) in [7, 11) is 2.10. The molecular weight excluding hydrogens is 411 g/mol. The standard InChI is InChI=1S/C22H32F3N3O3/c1-27-8-6-19(17(15-27)7-11-30-13-14-31-12-10-29)26-20-3-2-4-21-18(20)5-9-28(21)16-22(23,24)25/h2-5,9,17,19,26,29H,6-8,10-16H2,1H3. The Hall–Kier alpha value is -1.81. The SMILES string of the molecule is CN1CCC(Nc2cccc3c2ccn3CC(F)(F)F)C(CCOCCOCCO)C1. The first-order valence-corrected chi connectivity index (χ1v) is 10.7. The number of piperidine rings is 1. The van der Waals surface area contributed by atoms with Crippen molar-refractivity contribution in [2.24, 2.45) is 5.92 Å². The first kappa shape index (κ1) is 23.8. The average molecular weight is 444 g/mol. The lowest BCUT2D eigenvalue weighted by Gasteiger charge is -2.38. The van der Waals surface area contributed by atoms with Gasteiger partial charge in [-0.25, -0.2) is 0 Å². The number of benzene rings is 1. The number of hydrogen-bond donors (Lipinski definition) is 2. The number of anilines is 1. The molecule has 0 amide bonds. The highest BCUT2D eigenvalue weighted by Gasteiger charge is 2.30. The minimum absolute atomic E-state index is 0.00804. The van der Waals surface area contributed by atoms with E-state index in [0.29, 0.717) is 37.9 Å². The second-order valence-electron chi connectivity index (χ2n) is 8.10. The first-order valence-electron chi connectivity index (χ1n) is 10.7. The number of hydrogen-bond acceptors (Lipinski definition) is 5. The van der Waals surface area contributed by atoms with Gasteiger partial charge in [0.05, 0.1) is 31.9 Å². The van der Waals surface area contributed by atoms with E-state index in [1.165, 1.54) is 10.8 Å². The molecule has 1 aliphatic heterocycles. The van der Waals surface area contributed by atoms with Crippen LogP contribution >= 0.6 is 0 Å². The molecule has 0 radical (unpaired) electrons. The zero-order valence-electron chi connectivity index (χ0n) is 17.9. The molecule has 31 heavy (non-hydrogen) atoms. The van der Waals surface area contributed by atoms with Crippen LogP contribution in [0.25, 0.3) is 10.9 Å². The predicted octanol–water partition coefficient (Wildman–Crippen LogP) is 3.35. The molecule has 1 aromatic carbocycles. The second kappa shape index (κ2) is 11.2. The molecule has 2 unspecified atom stereocenters. The van der Waals surface area contributed by atoms with Crippen LogP contribution in [-0.2, 0) is 16.0 Å². The monoisotopic (exact) mass is 443 g/mol. The Morgan fingerprint density at radius 3 is 2.65 bits per heavy atom. The second-order valence-corrected chi connectivity index (χ2v) is 8.10. The van der Waals surface area contributed by atoms with Crippen LogP contribution in [0.3, 0.4) is 0 Å². The van der Waals surface area contributed by atoms with Crippen LogP contribution in [0.1, 0.15) is 12.8 Å². The van der Waals surface area contributed by atoms with Crippen molar-refractivity contribution in [3.05, 3.63) is 30.5 Å². The number of rotatable bonds is 11. The fourth-order valence-electron chi connectivity index (χ4n) is 4.20. The van der Waals surface area contributed by atoms with Crippen molar-refractivity contribution in [1.29, 1.82) is 0 Å². The van der Waals surface area contributed by atoms with E-state index in [9.17, 15) is 13.2 Å². The van der Waals surface area contributed by atoms with Gasteiger partial charge >= 0.3 is 6.18 Å². The van der Waals surface area contributed by atoms with Crippen LogP contribution < -0.4 is 5.32 Å². The lowest BCUT2D eigenvalue weighted by Crippen LogP contribution is -2.45. The molecular formula is C22H32F3N3O3. The molecule has 1 aliphatic rings. The van der Waals surface area contributed by atoms with Crippen LogP contribution in [0.15, 0.2) is 30.5 Å². The topological polar surface area (TPSA) is 58.9 Å². The molecule has 1 saturated heterocycles. The largest absolute Gasteiger partial charge is 0.406 e. The molecule has 0 spiro atoms. The molecule has 6 nitrogen and oxygen atoms in total. The smallest absolute Gasteiger partial charge is 0.394 e. The first-order chi connectivity index (χ1) is 14.9. The summed E-state index contributed by atoms with van der Waals surface area (Å²) in [6.07, 6.45) is -0.909. The summed E-state index contributed by atoms with van der Waals surface area (Å²) in [4.78, 5) is 2.30. The van der Waals surface area contributed by atoms with Crippen molar-refractivity contribution < 1.29 is 27.8 Å². The number of nitrogens with one attached hydrogen (secondary N) is 1. The predicted molar refractivity (Wildman–Crippen MR) is 114 cm³/mol. The Morgan fingerprint density at radius 2 is 1.90 bits per heavy atom. The third-order valence-electron chi connectivity index (χ3n) is 5.68. The van der Waals surface area contributed by atoms with Crippen LogP contribution in [-0.4, -0.2) is 80.0 Å². The summed E-state index contributed by atoms with van der Waals surface area (Å²) in [6.45, 7) is 2.81. The highest BCUT2D eigenvalue weighted by atomic mass is 19.4. The zero-order valence-corrected chi connectivity index (χ0v) is 17.9. The van der Waals surface area contributed by atoms with E-state index in [1.54, 1.807) is 18.2 Å². The van der Waals surface area contributed by atoms with Crippen molar-refractivity contribution in [2.45, 2.75) is 31.6 Å². The van der Waals surface area contributed by atoms with Crippen LogP contribution in [0, 0.1) is 5.92 Å². The zero-order chi connectivity index (χ0) is 22.3. The van der Waals surface area contributed by atoms with E-state index in [0.717, 1.165) is 37.0 Å². The molecule has 174 valence electrons. The number of fused-ring (bicyclic) bond motifs is 1. The van der Waals surface area contributed by atoms with Gasteiger partial charge in [0.15, 0.2) is 0 Å². The maximum atomic E-state index is 12.9. The molecule has 2 heterocycles. The van der Waals surface area contributed by atoms with Gasteiger partial charge in [0.1, 0.15) is 6.54 Å². The molecule has 1 fully saturated rings. The maximum absolute atomic E-state index is 12.9. The Kier molecular flexibility index (Phi) is 8.59. The van der Waals surface area contributed by atoms with Gasteiger partial charge < -0.3 is 29.4 Å². The number of aliphatic hydroxyl groups excluding tert-OH is 1. The summed E-state index contributed by atoms with van der Waals surface area (Å²) in [5.74, 6) is 0.365. The molecule has 0 aliphatic carbocycles. The summed E-state index contributed by atoms with van der Waals surface area (Å²) in [5, 5.41) is 13.1. The van der Waals surface area contributed by atoms with Crippen LogP contribution in [0.5, 0.6) is 0 Å². The highest BCUT2D eigenvalue weighted by Crippen LogP contribution is 2.30. The van der Waals surface area contributed by atoms with Crippen molar-refractivity contribution in [2.75, 3.05) is 58.5 Å². The molecule has 0 bridgehead atoms. The Bertz CT molecular complexity index is 812. The minimum atomic E-state index is -4.25. The van der Waals surface area contributed by atoms with E-state index in [1.807, 2.05) is 6.07 Å². The fourth-order valence-corrected chi connectivity index (χ4v) is 4.20. The van der Waals surface area contributed by atoms with Crippen molar-refractivity contribution in [1.82, 2.24) is 9.47 Å². The molecule has 2 aromatic rings.